The number of amides is 1. The average Bonchev–Trinajstić information content (AvgIpc) is 3.29. The molecule has 0 saturated carbocycles. The largest absolute Gasteiger partial charge is 0.486 e. The van der Waals surface area contributed by atoms with Crippen LogP contribution < -0.4 is 14.8 Å². The van der Waals surface area contributed by atoms with E-state index in [-0.39, 0.29) is 18.0 Å². The summed E-state index contributed by atoms with van der Waals surface area (Å²) in [7, 11) is 0. The summed E-state index contributed by atoms with van der Waals surface area (Å²) >= 11 is 0. The number of fused-ring (bicyclic) bond motifs is 2. The molecule has 2 aliphatic rings. The number of hydrogen-bond acceptors (Lipinski definition) is 6. The van der Waals surface area contributed by atoms with E-state index in [1.165, 1.54) is 0 Å². The number of benzene rings is 1. The highest BCUT2D eigenvalue weighted by Crippen LogP contribution is 2.35. The van der Waals surface area contributed by atoms with Crippen molar-refractivity contribution < 1.29 is 14.3 Å². The van der Waals surface area contributed by atoms with Crippen molar-refractivity contribution in [1.29, 1.82) is 0 Å². The first kappa shape index (κ1) is 22.7. The van der Waals surface area contributed by atoms with E-state index in [1.807, 2.05) is 28.9 Å². The molecule has 0 unspecified atom stereocenters. The van der Waals surface area contributed by atoms with Crippen LogP contribution in [0, 0.1) is 0 Å². The molecule has 3 aromatic rings. The summed E-state index contributed by atoms with van der Waals surface area (Å²) in [5.41, 5.74) is 2.92. The third-order valence-electron chi connectivity index (χ3n) is 6.60. The van der Waals surface area contributed by atoms with Crippen molar-refractivity contribution in [3.63, 3.8) is 0 Å². The van der Waals surface area contributed by atoms with Crippen molar-refractivity contribution in [2.75, 3.05) is 32.8 Å². The number of nitrogens with one attached hydrogen (secondary N) is 1. The summed E-state index contributed by atoms with van der Waals surface area (Å²) in [6.07, 6.45) is 4.86. The monoisotopic (exact) mass is 463 g/mol. The van der Waals surface area contributed by atoms with Crippen molar-refractivity contribution in [2.45, 2.75) is 52.1 Å². The summed E-state index contributed by atoms with van der Waals surface area (Å²) in [5, 5.41) is 8.60. The Morgan fingerprint density at radius 2 is 1.91 bits per heavy atom. The van der Waals surface area contributed by atoms with Gasteiger partial charge in [0.05, 0.1) is 22.8 Å². The van der Waals surface area contributed by atoms with E-state index in [0.29, 0.717) is 30.2 Å². The normalized spacial score (nSPS) is 16.8. The van der Waals surface area contributed by atoms with Gasteiger partial charge in [-0.3, -0.25) is 4.79 Å². The maximum Gasteiger partial charge on any atom is 0.252 e. The number of rotatable bonds is 6. The van der Waals surface area contributed by atoms with Crippen LogP contribution in [0.1, 0.15) is 56.4 Å². The Balaban J connectivity index is 1.48. The summed E-state index contributed by atoms with van der Waals surface area (Å²) < 4.78 is 13.3. The van der Waals surface area contributed by atoms with E-state index in [4.69, 9.17) is 14.5 Å². The molecule has 34 heavy (non-hydrogen) atoms. The van der Waals surface area contributed by atoms with Gasteiger partial charge in [0.25, 0.3) is 5.91 Å². The molecule has 0 radical (unpaired) electrons. The second kappa shape index (κ2) is 9.62. The van der Waals surface area contributed by atoms with E-state index in [1.54, 1.807) is 6.20 Å². The lowest BCUT2D eigenvalue weighted by Crippen LogP contribution is -2.44. The van der Waals surface area contributed by atoms with Gasteiger partial charge in [-0.05, 0) is 63.9 Å². The first-order chi connectivity index (χ1) is 16.5. The summed E-state index contributed by atoms with van der Waals surface area (Å²) in [4.78, 5) is 20.9. The SMILES string of the molecule is CCCN1CCC(NC(=O)c2cc(-c3ccc4c(c3)OCCO4)nc3c2cnn3C(C)C)CC1. The van der Waals surface area contributed by atoms with Gasteiger partial charge in [-0.15, -0.1) is 0 Å². The van der Waals surface area contributed by atoms with Gasteiger partial charge in [-0.1, -0.05) is 6.92 Å². The second-order valence-corrected chi connectivity index (χ2v) is 9.42. The molecule has 0 bridgehead atoms. The molecule has 0 atom stereocenters. The predicted molar refractivity (Wildman–Crippen MR) is 132 cm³/mol. The van der Waals surface area contributed by atoms with Gasteiger partial charge in [0.1, 0.15) is 13.2 Å². The van der Waals surface area contributed by atoms with Crippen molar-refractivity contribution in [3.05, 3.63) is 36.0 Å². The lowest BCUT2D eigenvalue weighted by atomic mass is 10.0. The molecule has 1 N–H and O–H groups in total. The van der Waals surface area contributed by atoms with E-state index < -0.39 is 0 Å². The maximum absolute atomic E-state index is 13.5. The van der Waals surface area contributed by atoms with Crippen LogP contribution in [0.2, 0.25) is 0 Å². The van der Waals surface area contributed by atoms with Crippen LogP contribution in [0.25, 0.3) is 22.3 Å². The van der Waals surface area contributed by atoms with Crippen molar-refractivity contribution in [1.82, 2.24) is 25.0 Å². The number of likely N-dealkylation sites (tertiary alicyclic amines) is 1. The molecular weight excluding hydrogens is 430 g/mol. The van der Waals surface area contributed by atoms with E-state index in [9.17, 15) is 4.79 Å². The second-order valence-electron chi connectivity index (χ2n) is 9.42. The zero-order chi connectivity index (χ0) is 23.7. The molecule has 0 aliphatic carbocycles. The fraction of sp³-hybridized carbons (Fsp3) is 0.500. The average molecular weight is 464 g/mol. The van der Waals surface area contributed by atoms with Crippen molar-refractivity contribution in [2.24, 2.45) is 0 Å². The van der Waals surface area contributed by atoms with Crippen LogP contribution in [-0.2, 0) is 0 Å². The number of hydrogen-bond donors (Lipinski definition) is 1. The Bertz CT molecular complexity index is 1180. The molecule has 2 aliphatic heterocycles. The minimum absolute atomic E-state index is 0.0663. The standard InChI is InChI=1S/C26H33N5O3/c1-4-9-30-10-7-19(8-11-30)28-26(32)20-15-22(29-25-21(20)16-27-31(25)17(2)3)18-5-6-23-24(14-18)34-13-12-33-23/h5-6,14-17,19H,4,7-13H2,1-3H3,(H,28,32). The zero-order valence-corrected chi connectivity index (χ0v) is 20.2. The molecule has 180 valence electrons. The van der Waals surface area contributed by atoms with Crippen LogP contribution in [0.5, 0.6) is 11.5 Å². The lowest BCUT2D eigenvalue weighted by molar-refractivity contribution is 0.0913. The lowest BCUT2D eigenvalue weighted by Gasteiger charge is -2.32. The van der Waals surface area contributed by atoms with Crippen LogP contribution in [0.15, 0.2) is 30.5 Å². The topological polar surface area (TPSA) is 81.5 Å². The van der Waals surface area contributed by atoms with Gasteiger partial charge in [0, 0.05) is 30.7 Å². The summed E-state index contributed by atoms with van der Waals surface area (Å²) in [6, 6.07) is 7.98. The van der Waals surface area contributed by atoms with Gasteiger partial charge in [-0.25, -0.2) is 9.67 Å². The van der Waals surface area contributed by atoms with Gasteiger partial charge in [-0.2, -0.15) is 5.10 Å². The van der Waals surface area contributed by atoms with Gasteiger partial charge in [0.15, 0.2) is 17.1 Å². The number of piperidine rings is 1. The number of carbonyl (C=O) groups excluding carboxylic acids is 1. The predicted octanol–water partition coefficient (Wildman–Crippen LogP) is 4.05. The number of pyridine rings is 1. The maximum atomic E-state index is 13.5. The van der Waals surface area contributed by atoms with E-state index >= 15 is 0 Å². The molecule has 0 spiro atoms. The Morgan fingerprint density at radius 3 is 2.65 bits per heavy atom. The summed E-state index contributed by atoms with van der Waals surface area (Å²) in [6.45, 7) is 10.6. The fourth-order valence-corrected chi connectivity index (χ4v) is 4.81. The number of nitrogens with zero attached hydrogens (tertiary/aromatic N) is 4. The Morgan fingerprint density at radius 1 is 1.15 bits per heavy atom. The molecular formula is C26H33N5O3. The first-order valence-corrected chi connectivity index (χ1v) is 12.3. The van der Waals surface area contributed by atoms with Gasteiger partial charge < -0.3 is 19.7 Å². The number of carbonyl (C=O) groups is 1. The quantitative estimate of drug-likeness (QED) is 0.594. The van der Waals surface area contributed by atoms with Crippen molar-refractivity contribution in [3.8, 4) is 22.8 Å². The van der Waals surface area contributed by atoms with Crippen LogP contribution in [0.3, 0.4) is 0 Å². The molecule has 1 fully saturated rings. The first-order valence-electron chi connectivity index (χ1n) is 12.3. The highest BCUT2D eigenvalue weighted by Gasteiger charge is 2.24. The summed E-state index contributed by atoms with van der Waals surface area (Å²) in [5.74, 6) is 1.37. The zero-order valence-electron chi connectivity index (χ0n) is 20.2. The minimum atomic E-state index is -0.0663. The highest BCUT2D eigenvalue weighted by molar-refractivity contribution is 6.06. The third kappa shape index (κ3) is 4.46. The Kier molecular flexibility index (Phi) is 6.41. The fourth-order valence-electron chi connectivity index (χ4n) is 4.81. The minimum Gasteiger partial charge on any atom is -0.486 e. The third-order valence-corrected chi connectivity index (χ3v) is 6.60. The molecule has 2 aromatic heterocycles. The van der Waals surface area contributed by atoms with Crippen LogP contribution in [-0.4, -0.2) is 64.5 Å². The van der Waals surface area contributed by atoms with Crippen LogP contribution >= 0.6 is 0 Å². The number of ether oxygens (including phenoxy) is 2. The van der Waals surface area contributed by atoms with Gasteiger partial charge in [0.2, 0.25) is 0 Å². The molecule has 8 heteroatoms. The van der Waals surface area contributed by atoms with Gasteiger partial charge >= 0.3 is 0 Å². The molecule has 5 rings (SSSR count). The molecule has 1 aromatic carbocycles. The Hall–Kier alpha value is -3.13. The highest BCUT2D eigenvalue weighted by atomic mass is 16.6. The van der Waals surface area contributed by atoms with Crippen LogP contribution in [0.4, 0.5) is 0 Å². The van der Waals surface area contributed by atoms with E-state index in [0.717, 1.165) is 61.3 Å². The van der Waals surface area contributed by atoms with E-state index in [2.05, 4.69) is 36.1 Å². The Labute approximate surface area is 200 Å². The molecule has 4 heterocycles. The molecule has 1 saturated heterocycles. The van der Waals surface area contributed by atoms with Crippen molar-refractivity contribution >= 4 is 16.9 Å². The number of aromatic nitrogens is 3. The molecule has 8 nitrogen and oxygen atoms in total. The molecule has 1 amide bonds. The smallest absolute Gasteiger partial charge is 0.252 e.